The molecular weight excluding hydrogens is 372 g/mol. The molecule has 0 aliphatic heterocycles. The van der Waals surface area contributed by atoms with Crippen molar-refractivity contribution in [1.29, 1.82) is 0 Å². The first-order chi connectivity index (χ1) is 14.0. The summed E-state index contributed by atoms with van der Waals surface area (Å²) in [5, 5.41) is 6.32. The summed E-state index contributed by atoms with van der Waals surface area (Å²) < 4.78 is 10.4. The summed E-state index contributed by atoms with van der Waals surface area (Å²) in [4.78, 5) is 35.5. The Bertz CT molecular complexity index is 974. The number of amides is 2. The predicted octanol–water partition coefficient (Wildman–Crippen LogP) is 3.30. The maximum Gasteiger partial charge on any atom is 0.307 e. The summed E-state index contributed by atoms with van der Waals surface area (Å²) in [6.07, 6.45) is 0.326. The van der Waals surface area contributed by atoms with Gasteiger partial charge in [0.2, 0.25) is 5.91 Å². The Morgan fingerprint density at radius 2 is 1.79 bits per heavy atom. The van der Waals surface area contributed by atoms with E-state index in [2.05, 4.69) is 10.6 Å². The first kappa shape index (κ1) is 20.1. The van der Waals surface area contributed by atoms with Crippen LogP contribution in [0.25, 0.3) is 11.0 Å². The van der Waals surface area contributed by atoms with Crippen LogP contribution in [0.1, 0.15) is 29.5 Å². The molecule has 0 radical (unpaired) electrons. The average molecular weight is 394 g/mol. The normalized spacial score (nSPS) is 10.5. The smallest absolute Gasteiger partial charge is 0.307 e. The van der Waals surface area contributed by atoms with Crippen LogP contribution in [0, 0.1) is 0 Å². The molecule has 3 rings (SSSR count). The van der Waals surface area contributed by atoms with E-state index >= 15 is 0 Å². The van der Waals surface area contributed by atoms with Crippen molar-refractivity contribution in [2.45, 2.75) is 19.8 Å². The highest BCUT2D eigenvalue weighted by Gasteiger charge is 2.12. The van der Waals surface area contributed by atoms with E-state index in [-0.39, 0.29) is 42.9 Å². The summed E-state index contributed by atoms with van der Waals surface area (Å²) in [5.74, 6) is -0.632. The summed E-state index contributed by atoms with van der Waals surface area (Å²) in [5.41, 5.74) is 2.05. The monoisotopic (exact) mass is 394 g/mol. The van der Waals surface area contributed by atoms with Crippen molar-refractivity contribution in [1.82, 2.24) is 5.32 Å². The highest BCUT2D eigenvalue weighted by Crippen LogP contribution is 2.20. The van der Waals surface area contributed by atoms with E-state index in [0.29, 0.717) is 17.9 Å². The molecule has 0 saturated heterocycles. The van der Waals surface area contributed by atoms with E-state index < -0.39 is 0 Å². The molecule has 0 spiro atoms. The number of nitrogens with one attached hydrogen (secondary N) is 2. The van der Waals surface area contributed by atoms with Gasteiger partial charge >= 0.3 is 5.97 Å². The lowest BCUT2D eigenvalue weighted by Crippen LogP contribution is -2.27. The van der Waals surface area contributed by atoms with Crippen molar-refractivity contribution in [2.75, 3.05) is 18.5 Å². The number of furan rings is 1. The van der Waals surface area contributed by atoms with Gasteiger partial charge in [-0.15, -0.1) is 0 Å². The maximum absolute atomic E-state index is 12.4. The largest absolute Gasteiger partial charge is 0.466 e. The molecule has 29 heavy (non-hydrogen) atoms. The highest BCUT2D eigenvalue weighted by atomic mass is 16.5. The SMILES string of the molecule is CCOC(=O)CCNC(=O)Cc1ccc(NC(=O)c2cc3ccccc3o2)cc1. The van der Waals surface area contributed by atoms with Crippen LogP contribution in [-0.4, -0.2) is 30.9 Å². The van der Waals surface area contributed by atoms with Gasteiger partial charge in [-0.05, 0) is 36.8 Å². The molecule has 150 valence electrons. The van der Waals surface area contributed by atoms with Gasteiger partial charge in [-0.3, -0.25) is 14.4 Å². The number of anilines is 1. The lowest BCUT2D eigenvalue weighted by atomic mass is 10.1. The molecule has 0 atom stereocenters. The van der Waals surface area contributed by atoms with E-state index in [4.69, 9.17) is 9.15 Å². The molecular formula is C22H22N2O5. The second-order valence-corrected chi connectivity index (χ2v) is 6.38. The van der Waals surface area contributed by atoms with E-state index in [1.807, 2.05) is 18.2 Å². The Kier molecular flexibility index (Phi) is 6.63. The number of hydrogen-bond donors (Lipinski definition) is 2. The fourth-order valence-corrected chi connectivity index (χ4v) is 2.78. The van der Waals surface area contributed by atoms with Crippen LogP contribution in [0.5, 0.6) is 0 Å². The van der Waals surface area contributed by atoms with Crippen molar-refractivity contribution in [3.63, 3.8) is 0 Å². The molecule has 0 aliphatic carbocycles. The summed E-state index contributed by atoms with van der Waals surface area (Å²) in [7, 11) is 0. The first-order valence-electron chi connectivity index (χ1n) is 9.36. The molecule has 0 unspecified atom stereocenters. The van der Waals surface area contributed by atoms with Crippen molar-refractivity contribution in [3.8, 4) is 0 Å². The molecule has 1 aromatic heterocycles. The van der Waals surface area contributed by atoms with E-state index in [1.165, 1.54) is 0 Å². The van der Waals surface area contributed by atoms with Crippen molar-refractivity contribution in [3.05, 3.63) is 65.9 Å². The molecule has 7 nitrogen and oxygen atoms in total. The molecule has 2 N–H and O–H groups in total. The average Bonchev–Trinajstić information content (AvgIpc) is 3.14. The number of benzene rings is 2. The Morgan fingerprint density at radius 1 is 1.03 bits per heavy atom. The predicted molar refractivity (Wildman–Crippen MR) is 109 cm³/mol. The molecule has 3 aromatic rings. The third kappa shape index (κ3) is 5.68. The molecule has 0 saturated carbocycles. The van der Waals surface area contributed by atoms with E-state index in [9.17, 15) is 14.4 Å². The van der Waals surface area contributed by atoms with Gasteiger partial charge in [0.1, 0.15) is 5.58 Å². The van der Waals surface area contributed by atoms with Crippen LogP contribution in [0.4, 0.5) is 5.69 Å². The van der Waals surface area contributed by atoms with Crippen LogP contribution in [0.3, 0.4) is 0 Å². The first-order valence-corrected chi connectivity index (χ1v) is 9.36. The van der Waals surface area contributed by atoms with Crippen LogP contribution in [0.15, 0.2) is 59.0 Å². The molecule has 0 aliphatic rings. The van der Waals surface area contributed by atoms with Crippen LogP contribution >= 0.6 is 0 Å². The number of para-hydroxylation sites is 1. The lowest BCUT2D eigenvalue weighted by molar-refractivity contribution is -0.143. The summed E-state index contributed by atoms with van der Waals surface area (Å²) in [6, 6.07) is 16.1. The number of fused-ring (bicyclic) bond motifs is 1. The lowest BCUT2D eigenvalue weighted by Gasteiger charge is -2.07. The van der Waals surface area contributed by atoms with Gasteiger partial charge in [-0.25, -0.2) is 0 Å². The summed E-state index contributed by atoms with van der Waals surface area (Å²) in [6.45, 7) is 2.30. The Labute approximate surface area is 168 Å². The van der Waals surface area contributed by atoms with Gasteiger partial charge in [0.25, 0.3) is 5.91 Å². The summed E-state index contributed by atoms with van der Waals surface area (Å²) >= 11 is 0. The second-order valence-electron chi connectivity index (χ2n) is 6.38. The Balaban J connectivity index is 1.50. The zero-order valence-corrected chi connectivity index (χ0v) is 16.1. The molecule has 2 amide bonds. The molecule has 0 bridgehead atoms. The third-order valence-corrected chi connectivity index (χ3v) is 4.18. The van der Waals surface area contributed by atoms with Gasteiger partial charge in [-0.2, -0.15) is 0 Å². The third-order valence-electron chi connectivity index (χ3n) is 4.18. The number of ether oxygens (including phenoxy) is 1. The number of rotatable bonds is 8. The standard InChI is InChI=1S/C22H22N2O5/c1-2-28-21(26)11-12-23-20(25)13-15-7-9-17(10-8-15)24-22(27)19-14-16-5-3-4-6-18(16)29-19/h3-10,14H,2,11-13H2,1H3,(H,23,25)(H,24,27). The van der Waals surface area contributed by atoms with Crippen molar-refractivity contribution < 1.29 is 23.5 Å². The number of hydrogen-bond acceptors (Lipinski definition) is 5. The zero-order valence-electron chi connectivity index (χ0n) is 16.1. The van der Waals surface area contributed by atoms with Crippen molar-refractivity contribution in [2.24, 2.45) is 0 Å². The van der Waals surface area contributed by atoms with Gasteiger partial charge in [0.05, 0.1) is 19.4 Å². The molecule has 1 heterocycles. The Morgan fingerprint density at radius 3 is 2.52 bits per heavy atom. The fraction of sp³-hybridized carbons (Fsp3) is 0.227. The minimum absolute atomic E-state index is 0.145. The second kappa shape index (κ2) is 9.54. The van der Waals surface area contributed by atoms with Crippen LogP contribution in [0.2, 0.25) is 0 Å². The minimum atomic E-state index is -0.342. The highest BCUT2D eigenvalue weighted by molar-refractivity contribution is 6.04. The van der Waals surface area contributed by atoms with E-state index in [1.54, 1.807) is 43.3 Å². The maximum atomic E-state index is 12.4. The Hall–Kier alpha value is -3.61. The van der Waals surface area contributed by atoms with Gasteiger partial charge in [-0.1, -0.05) is 30.3 Å². The quantitative estimate of drug-likeness (QED) is 0.572. The molecule has 7 heteroatoms. The topological polar surface area (TPSA) is 97.6 Å². The number of carbonyl (C=O) groups excluding carboxylic acids is 3. The zero-order chi connectivity index (χ0) is 20.6. The van der Waals surface area contributed by atoms with Crippen LogP contribution in [-0.2, 0) is 20.7 Å². The molecule has 0 fully saturated rings. The van der Waals surface area contributed by atoms with Crippen molar-refractivity contribution >= 4 is 34.4 Å². The minimum Gasteiger partial charge on any atom is -0.466 e. The van der Waals surface area contributed by atoms with Gasteiger partial charge in [0, 0.05) is 17.6 Å². The van der Waals surface area contributed by atoms with Gasteiger partial charge < -0.3 is 19.8 Å². The van der Waals surface area contributed by atoms with Crippen LogP contribution < -0.4 is 10.6 Å². The fourth-order valence-electron chi connectivity index (χ4n) is 2.78. The number of carbonyl (C=O) groups is 3. The molecule has 2 aromatic carbocycles. The number of esters is 1. The van der Waals surface area contributed by atoms with E-state index in [0.717, 1.165) is 10.9 Å². The van der Waals surface area contributed by atoms with Gasteiger partial charge in [0.15, 0.2) is 5.76 Å².